The lowest BCUT2D eigenvalue weighted by atomic mass is 9.79. The summed E-state index contributed by atoms with van der Waals surface area (Å²) in [6.07, 6.45) is 4.02. The Hall–Kier alpha value is -1.95. The molecule has 1 atom stereocenters. The minimum Gasteiger partial charge on any atom is -0.495 e. The topological polar surface area (TPSA) is 69.1 Å². The van der Waals surface area contributed by atoms with Gasteiger partial charge in [0, 0.05) is 39.3 Å². The van der Waals surface area contributed by atoms with Gasteiger partial charge >= 0.3 is 0 Å². The normalized spacial score (nSPS) is 17.5. The molecule has 0 aliphatic carbocycles. The van der Waals surface area contributed by atoms with E-state index in [9.17, 15) is 5.11 Å². The molecule has 1 saturated heterocycles. The van der Waals surface area contributed by atoms with E-state index in [2.05, 4.69) is 48.4 Å². The molecule has 1 unspecified atom stereocenters. The van der Waals surface area contributed by atoms with Crippen molar-refractivity contribution >= 4 is 11.6 Å². The minimum absolute atomic E-state index is 0.0884. The third-order valence-electron chi connectivity index (χ3n) is 6.33. The summed E-state index contributed by atoms with van der Waals surface area (Å²) >= 11 is 0. The fraction of sp³-hybridized carbons (Fsp3) is 0.696. The summed E-state index contributed by atoms with van der Waals surface area (Å²) in [6.45, 7) is 11.3. The molecule has 1 aliphatic rings. The van der Waals surface area contributed by atoms with Gasteiger partial charge in [0.1, 0.15) is 5.75 Å². The second-order valence-corrected chi connectivity index (χ2v) is 8.03. The first-order valence-electron chi connectivity index (χ1n) is 11.1. The highest BCUT2D eigenvalue weighted by Gasteiger charge is 2.26. The zero-order chi connectivity index (χ0) is 21.1. The highest BCUT2D eigenvalue weighted by Crippen LogP contribution is 2.32. The molecule has 0 spiro atoms. The lowest BCUT2D eigenvalue weighted by Gasteiger charge is -2.29. The Morgan fingerprint density at radius 3 is 2.66 bits per heavy atom. The number of rotatable bonds is 11. The van der Waals surface area contributed by atoms with Gasteiger partial charge in [0.25, 0.3) is 0 Å². The number of para-hydroxylation sites is 2. The number of benzene rings is 1. The molecule has 164 valence electrons. The summed E-state index contributed by atoms with van der Waals surface area (Å²) < 4.78 is 5.52. The van der Waals surface area contributed by atoms with E-state index in [0.717, 1.165) is 70.1 Å². The number of ether oxygens (including phenoxy) is 1. The average molecular weight is 405 g/mol. The molecule has 29 heavy (non-hydrogen) atoms. The van der Waals surface area contributed by atoms with Crippen LogP contribution in [-0.2, 0) is 0 Å². The van der Waals surface area contributed by atoms with Crippen LogP contribution in [0.15, 0.2) is 29.3 Å². The maximum absolute atomic E-state index is 9.44. The van der Waals surface area contributed by atoms with Gasteiger partial charge in [-0.2, -0.15) is 0 Å². The third-order valence-corrected chi connectivity index (χ3v) is 6.33. The van der Waals surface area contributed by atoms with Gasteiger partial charge in [-0.05, 0) is 56.1 Å². The van der Waals surface area contributed by atoms with Crippen molar-refractivity contribution in [3.05, 3.63) is 24.3 Å². The van der Waals surface area contributed by atoms with Gasteiger partial charge in [-0.1, -0.05) is 26.0 Å². The second-order valence-electron chi connectivity index (χ2n) is 8.03. The molecule has 0 saturated carbocycles. The number of aliphatic hydroxyl groups excluding tert-OH is 1. The van der Waals surface area contributed by atoms with Crippen LogP contribution < -0.4 is 20.3 Å². The van der Waals surface area contributed by atoms with Crippen LogP contribution >= 0.6 is 0 Å². The van der Waals surface area contributed by atoms with E-state index >= 15 is 0 Å². The fourth-order valence-electron chi connectivity index (χ4n) is 4.08. The van der Waals surface area contributed by atoms with Crippen LogP contribution in [0.1, 0.15) is 46.5 Å². The Bertz CT molecular complexity index is 631. The van der Waals surface area contributed by atoms with Crippen molar-refractivity contribution in [3.8, 4) is 5.75 Å². The van der Waals surface area contributed by atoms with Gasteiger partial charge in [0.2, 0.25) is 0 Å². The number of nitrogens with zero attached hydrogens (tertiary/aromatic N) is 2. The molecule has 0 bridgehead atoms. The van der Waals surface area contributed by atoms with E-state index in [1.54, 1.807) is 7.11 Å². The molecule has 6 heteroatoms. The van der Waals surface area contributed by atoms with Crippen LogP contribution in [-0.4, -0.2) is 57.5 Å². The molecule has 0 radical (unpaired) electrons. The van der Waals surface area contributed by atoms with Crippen molar-refractivity contribution in [1.29, 1.82) is 0 Å². The number of nitrogens with one attached hydrogen (secondary N) is 2. The smallest absolute Gasteiger partial charge is 0.191 e. The van der Waals surface area contributed by atoms with Crippen LogP contribution in [0.5, 0.6) is 5.75 Å². The van der Waals surface area contributed by atoms with Gasteiger partial charge in [-0.15, -0.1) is 0 Å². The third kappa shape index (κ3) is 6.53. The minimum atomic E-state index is 0.0884. The van der Waals surface area contributed by atoms with Gasteiger partial charge in [0.15, 0.2) is 5.96 Å². The number of aliphatic imine (C=N–C) groups is 1. The lowest BCUT2D eigenvalue weighted by molar-refractivity contribution is 0.175. The molecule has 2 rings (SSSR count). The van der Waals surface area contributed by atoms with Crippen molar-refractivity contribution in [2.24, 2.45) is 16.3 Å². The number of hydrogen-bond donors (Lipinski definition) is 3. The fourth-order valence-corrected chi connectivity index (χ4v) is 4.08. The number of guanidine groups is 1. The molecule has 6 nitrogen and oxygen atoms in total. The number of aliphatic hydroxyl groups is 1. The first kappa shape index (κ1) is 23.3. The Morgan fingerprint density at radius 1 is 1.24 bits per heavy atom. The van der Waals surface area contributed by atoms with Crippen molar-refractivity contribution in [1.82, 2.24) is 10.6 Å². The first-order valence-corrected chi connectivity index (χ1v) is 11.1. The highest BCUT2D eigenvalue weighted by molar-refractivity contribution is 5.79. The molecule has 0 aromatic heterocycles. The Morgan fingerprint density at radius 2 is 2.00 bits per heavy atom. The Kier molecular flexibility index (Phi) is 9.58. The zero-order valence-corrected chi connectivity index (χ0v) is 18.7. The van der Waals surface area contributed by atoms with E-state index in [1.807, 2.05) is 12.1 Å². The van der Waals surface area contributed by atoms with Gasteiger partial charge in [0.05, 0.1) is 12.8 Å². The molecular formula is C23H40N4O2. The Balaban J connectivity index is 1.93. The molecule has 1 fully saturated rings. The molecule has 0 amide bonds. The molecule has 1 heterocycles. The van der Waals surface area contributed by atoms with Gasteiger partial charge < -0.3 is 25.4 Å². The zero-order valence-electron chi connectivity index (χ0n) is 18.7. The monoisotopic (exact) mass is 404 g/mol. The molecule has 1 aromatic rings. The molecule has 1 aromatic carbocycles. The second kappa shape index (κ2) is 11.9. The summed E-state index contributed by atoms with van der Waals surface area (Å²) in [7, 11) is 1.73. The van der Waals surface area contributed by atoms with Gasteiger partial charge in [-0.25, -0.2) is 0 Å². The van der Waals surface area contributed by atoms with Crippen LogP contribution in [0.2, 0.25) is 0 Å². The number of methoxy groups -OCH3 is 1. The number of anilines is 1. The van der Waals surface area contributed by atoms with E-state index in [1.165, 1.54) is 5.69 Å². The maximum atomic E-state index is 9.44. The largest absolute Gasteiger partial charge is 0.495 e. The van der Waals surface area contributed by atoms with E-state index < -0.39 is 0 Å². The summed E-state index contributed by atoms with van der Waals surface area (Å²) in [5, 5.41) is 16.4. The van der Waals surface area contributed by atoms with Crippen LogP contribution in [0.25, 0.3) is 0 Å². The van der Waals surface area contributed by atoms with E-state index in [0.29, 0.717) is 5.92 Å². The highest BCUT2D eigenvalue weighted by atomic mass is 16.5. The summed E-state index contributed by atoms with van der Waals surface area (Å²) in [5.74, 6) is 2.39. The summed E-state index contributed by atoms with van der Waals surface area (Å²) in [5.41, 5.74) is 1.27. The van der Waals surface area contributed by atoms with Gasteiger partial charge in [-0.3, -0.25) is 4.99 Å². The Labute approximate surface area is 176 Å². The predicted molar refractivity (Wildman–Crippen MR) is 122 cm³/mol. The average Bonchev–Trinajstić information content (AvgIpc) is 3.23. The maximum Gasteiger partial charge on any atom is 0.191 e. The van der Waals surface area contributed by atoms with Crippen LogP contribution in [0.3, 0.4) is 0 Å². The molecule has 3 N–H and O–H groups in total. The SMILES string of the molecule is CCNC(=NCC(CC)(CC)CCO)NCC1CCN(c2ccccc2OC)C1. The standard InChI is InChI=1S/C23H40N4O2/c1-5-23(6-2,13-15-28)18-26-22(24-7-3)25-16-19-12-14-27(17-19)20-10-8-9-11-21(20)29-4/h8-11,19,28H,5-7,12-18H2,1-4H3,(H2,24,25,26). The van der Waals surface area contributed by atoms with E-state index in [-0.39, 0.29) is 12.0 Å². The van der Waals surface area contributed by atoms with Crippen molar-refractivity contribution in [2.45, 2.75) is 46.5 Å². The van der Waals surface area contributed by atoms with Crippen molar-refractivity contribution < 1.29 is 9.84 Å². The summed E-state index contributed by atoms with van der Waals surface area (Å²) in [6, 6.07) is 8.24. The molecular weight excluding hydrogens is 364 g/mol. The van der Waals surface area contributed by atoms with Crippen LogP contribution in [0.4, 0.5) is 5.69 Å². The lowest BCUT2D eigenvalue weighted by Crippen LogP contribution is -2.41. The van der Waals surface area contributed by atoms with Crippen LogP contribution in [0, 0.1) is 11.3 Å². The van der Waals surface area contributed by atoms with Crippen molar-refractivity contribution in [2.75, 3.05) is 51.3 Å². The summed E-state index contributed by atoms with van der Waals surface area (Å²) in [4.78, 5) is 7.27. The van der Waals surface area contributed by atoms with Crippen molar-refractivity contribution in [3.63, 3.8) is 0 Å². The number of hydrogen-bond acceptors (Lipinski definition) is 4. The van der Waals surface area contributed by atoms with E-state index in [4.69, 9.17) is 9.73 Å². The predicted octanol–water partition coefficient (Wildman–Crippen LogP) is 3.27. The first-order chi connectivity index (χ1) is 14.1. The quantitative estimate of drug-likeness (QED) is 0.390. The molecule has 1 aliphatic heterocycles.